The van der Waals surface area contributed by atoms with E-state index >= 15 is 0 Å². The van der Waals surface area contributed by atoms with Crippen LogP contribution in [0.1, 0.15) is 43.1 Å². The second-order valence-electron chi connectivity index (χ2n) is 8.30. The van der Waals surface area contributed by atoms with E-state index in [0.717, 1.165) is 29.8 Å². The summed E-state index contributed by atoms with van der Waals surface area (Å²) in [5.41, 5.74) is 3.36. The van der Waals surface area contributed by atoms with Crippen molar-refractivity contribution < 1.29 is 9.53 Å². The van der Waals surface area contributed by atoms with E-state index < -0.39 is 0 Å². The van der Waals surface area contributed by atoms with Crippen LogP contribution in [0.25, 0.3) is 28.3 Å². The summed E-state index contributed by atoms with van der Waals surface area (Å²) in [6, 6.07) is 4.15. The van der Waals surface area contributed by atoms with Crippen LogP contribution in [0.2, 0.25) is 0 Å². The van der Waals surface area contributed by atoms with Crippen LogP contribution in [-0.2, 0) is 4.74 Å². The fourth-order valence-corrected chi connectivity index (χ4v) is 4.02. The molecule has 10 heteroatoms. The summed E-state index contributed by atoms with van der Waals surface area (Å²) < 4.78 is 8.91. The Hall–Kier alpha value is -3.53. The summed E-state index contributed by atoms with van der Waals surface area (Å²) in [7, 11) is 3.48. The second-order valence-corrected chi connectivity index (χ2v) is 8.30. The van der Waals surface area contributed by atoms with Crippen LogP contribution in [0, 0.1) is 0 Å². The molecule has 5 rings (SSSR count). The molecular formula is C22H26N8O2. The van der Waals surface area contributed by atoms with Gasteiger partial charge in [-0.1, -0.05) is 0 Å². The van der Waals surface area contributed by atoms with Crippen LogP contribution in [-0.4, -0.2) is 61.6 Å². The number of nitrogens with zero attached hydrogens (tertiary/aromatic N) is 6. The van der Waals surface area contributed by atoms with Gasteiger partial charge in [-0.2, -0.15) is 14.7 Å². The zero-order valence-corrected chi connectivity index (χ0v) is 18.5. The summed E-state index contributed by atoms with van der Waals surface area (Å²) in [6.07, 6.45) is 7.17. The van der Waals surface area contributed by atoms with E-state index in [-0.39, 0.29) is 24.1 Å². The van der Waals surface area contributed by atoms with Crippen LogP contribution < -0.4 is 10.6 Å². The first-order valence-electron chi connectivity index (χ1n) is 10.7. The maximum absolute atomic E-state index is 13.0. The minimum absolute atomic E-state index is 0.0105. The van der Waals surface area contributed by atoms with Gasteiger partial charge in [0.2, 0.25) is 0 Å². The Morgan fingerprint density at radius 2 is 2.09 bits per heavy atom. The molecule has 10 nitrogen and oxygen atoms in total. The largest absolute Gasteiger partial charge is 0.379 e. The van der Waals surface area contributed by atoms with Gasteiger partial charge in [-0.3, -0.25) is 9.48 Å². The SMILES string of the molecule is CNc1cc(-c2cnc3nn(C(C)C)ccc2-3)nc2c(C(=O)NC3CC[C@@H]3OC)cnn12. The molecule has 0 aromatic carbocycles. The Morgan fingerprint density at radius 1 is 1.25 bits per heavy atom. The number of amides is 1. The van der Waals surface area contributed by atoms with Crippen molar-refractivity contribution in [2.75, 3.05) is 19.5 Å². The van der Waals surface area contributed by atoms with Crippen molar-refractivity contribution in [1.82, 2.24) is 34.7 Å². The van der Waals surface area contributed by atoms with E-state index in [1.807, 2.05) is 30.1 Å². The quantitative estimate of drug-likeness (QED) is 0.480. The Labute approximate surface area is 185 Å². The number of carbonyl (C=O) groups is 1. The molecule has 3 aliphatic rings. The molecule has 1 saturated carbocycles. The van der Waals surface area contributed by atoms with E-state index in [2.05, 4.69) is 39.7 Å². The van der Waals surface area contributed by atoms with Gasteiger partial charge < -0.3 is 15.4 Å². The van der Waals surface area contributed by atoms with Crippen molar-refractivity contribution in [3.63, 3.8) is 0 Å². The lowest BCUT2D eigenvalue weighted by molar-refractivity contribution is 0.00732. The van der Waals surface area contributed by atoms with Gasteiger partial charge in [0.25, 0.3) is 5.91 Å². The van der Waals surface area contributed by atoms with Crippen LogP contribution >= 0.6 is 0 Å². The van der Waals surface area contributed by atoms with Crippen molar-refractivity contribution in [3.05, 3.63) is 36.3 Å². The van der Waals surface area contributed by atoms with Gasteiger partial charge in [0, 0.05) is 49.8 Å². The van der Waals surface area contributed by atoms with Crippen molar-refractivity contribution in [2.24, 2.45) is 0 Å². The molecule has 1 aliphatic carbocycles. The third kappa shape index (κ3) is 3.27. The summed E-state index contributed by atoms with van der Waals surface area (Å²) in [4.78, 5) is 22.3. The molecule has 4 heterocycles. The molecule has 1 fully saturated rings. The van der Waals surface area contributed by atoms with Crippen molar-refractivity contribution in [1.29, 1.82) is 0 Å². The number of carbonyl (C=O) groups excluding carboxylic acids is 1. The highest BCUT2D eigenvalue weighted by Crippen LogP contribution is 2.33. The number of nitrogens with one attached hydrogen (secondary N) is 2. The molecule has 32 heavy (non-hydrogen) atoms. The number of methoxy groups -OCH3 is 1. The van der Waals surface area contributed by atoms with Gasteiger partial charge in [-0.25, -0.2) is 9.97 Å². The minimum Gasteiger partial charge on any atom is -0.379 e. The van der Waals surface area contributed by atoms with Crippen LogP contribution in [0.3, 0.4) is 0 Å². The average Bonchev–Trinajstić information content (AvgIpc) is 3.40. The van der Waals surface area contributed by atoms with E-state index in [9.17, 15) is 4.79 Å². The van der Waals surface area contributed by atoms with Crippen molar-refractivity contribution in [3.8, 4) is 22.6 Å². The van der Waals surface area contributed by atoms with Crippen LogP contribution in [0.4, 0.5) is 5.82 Å². The molecule has 0 bridgehead atoms. The Balaban J connectivity index is 1.55. The van der Waals surface area contributed by atoms with Crippen molar-refractivity contribution in [2.45, 2.75) is 44.9 Å². The summed E-state index contributed by atoms with van der Waals surface area (Å²) in [6.45, 7) is 4.14. The fourth-order valence-electron chi connectivity index (χ4n) is 4.02. The lowest BCUT2D eigenvalue weighted by Crippen LogP contribution is -2.51. The topological polar surface area (TPSA) is 111 Å². The molecule has 1 unspecified atom stereocenters. The van der Waals surface area contributed by atoms with Crippen LogP contribution in [0.15, 0.2) is 30.7 Å². The predicted molar refractivity (Wildman–Crippen MR) is 120 cm³/mol. The van der Waals surface area contributed by atoms with E-state index in [0.29, 0.717) is 22.7 Å². The number of aromatic nitrogens is 6. The first-order valence-corrected chi connectivity index (χ1v) is 10.7. The summed E-state index contributed by atoms with van der Waals surface area (Å²) in [5.74, 6) is 1.17. The highest BCUT2D eigenvalue weighted by Gasteiger charge is 2.33. The number of hydrogen-bond acceptors (Lipinski definition) is 7. The van der Waals surface area contributed by atoms with E-state index in [4.69, 9.17) is 9.72 Å². The average molecular weight is 435 g/mol. The number of fused-ring (bicyclic) bond motifs is 2. The first-order chi connectivity index (χ1) is 15.5. The Bertz CT molecular complexity index is 1260. The molecule has 0 radical (unpaired) electrons. The van der Waals surface area contributed by atoms with Gasteiger partial charge >= 0.3 is 0 Å². The van der Waals surface area contributed by atoms with E-state index in [1.165, 1.54) is 0 Å². The standard InChI is InChI=1S/C22H26N8O2/c1-12(2)29-8-7-13-14(10-24-20(13)28-29)17-9-19(23-3)30-21(26-17)15(11-25-30)22(31)27-16-5-6-18(16)32-4/h7-12,16,18,23H,5-6H2,1-4H3,(H,27,31)/t16?,18-/m0/s1. The normalized spacial score (nSPS) is 18.3. The minimum atomic E-state index is -0.205. The molecule has 166 valence electrons. The monoisotopic (exact) mass is 434 g/mol. The maximum atomic E-state index is 13.0. The molecule has 1 amide bonds. The van der Waals surface area contributed by atoms with Gasteiger partial charge in [0.1, 0.15) is 11.4 Å². The number of anilines is 1. The van der Waals surface area contributed by atoms with Gasteiger partial charge in [0.05, 0.1) is 24.0 Å². The molecule has 2 aromatic rings. The lowest BCUT2D eigenvalue weighted by atomic mass is 9.89. The van der Waals surface area contributed by atoms with Gasteiger partial charge in [-0.05, 0) is 32.8 Å². The van der Waals surface area contributed by atoms with Crippen LogP contribution in [0.5, 0.6) is 0 Å². The summed E-state index contributed by atoms with van der Waals surface area (Å²) in [5, 5.41) is 15.2. The Kier molecular flexibility index (Phi) is 5.01. The molecule has 0 saturated heterocycles. The van der Waals surface area contributed by atoms with Crippen molar-refractivity contribution >= 4 is 17.4 Å². The molecule has 2 aliphatic heterocycles. The highest BCUT2D eigenvalue weighted by molar-refractivity contribution is 6.00. The second kappa shape index (κ2) is 7.86. The molecular weight excluding hydrogens is 408 g/mol. The lowest BCUT2D eigenvalue weighted by Gasteiger charge is -2.35. The number of ether oxygens (including phenoxy) is 1. The zero-order chi connectivity index (χ0) is 22.4. The van der Waals surface area contributed by atoms with E-state index in [1.54, 1.807) is 24.0 Å². The summed E-state index contributed by atoms with van der Waals surface area (Å²) >= 11 is 0. The molecule has 0 spiro atoms. The third-order valence-electron chi connectivity index (χ3n) is 6.06. The smallest absolute Gasteiger partial charge is 0.257 e. The van der Waals surface area contributed by atoms with Gasteiger partial charge in [0.15, 0.2) is 11.5 Å². The van der Waals surface area contributed by atoms with Gasteiger partial charge in [-0.15, -0.1) is 0 Å². The number of rotatable bonds is 6. The Morgan fingerprint density at radius 3 is 2.78 bits per heavy atom. The predicted octanol–water partition coefficient (Wildman–Crippen LogP) is 2.62. The first kappa shape index (κ1) is 20.4. The third-order valence-corrected chi connectivity index (χ3v) is 6.06. The molecule has 2 aromatic heterocycles. The maximum Gasteiger partial charge on any atom is 0.257 e. The molecule has 2 atom stereocenters. The zero-order valence-electron chi connectivity index (χ0n) is 18.5. The number of hydrogen-bond donors (Lipinski definition) is 2. The highest BCUT2D eigenvalue weighted by atomic mass is 16.5. The fraction of sp³-hybridized carbons (Fsp3) is 0.409. The molecule has 2 N–H and O–H groups in total.